The summed E-state index contributed by atoms with van der Waals surface area (Å²) in [4.78, 5) is 14.8. The molecule has 0 spiro atoms. The highest BCUT2D eigenvalue weighted by Gasteiger charge is 2.33. The molecule has 2 atom stereocenters. The fourth-order valence-electron chi connectivity index (χ4n) is 4.09. The van der Waals surface area contributed by atoms with Crippen LogP contribution < -0.4 is 5.43 Å². The summed E-state index contributed by atoms with van der Waals surface area (Å²) in [6, 6.07) is 10.0. The molecule has 6 heteroatoms. The van der Waals surface area contributed by atoms with Crippen molar-refractivity contribution < 1.29 is 19.7 Å². The molecule has 0 bridgehead atoms. The molecule has 0 aliphatic carbocycles. The maximum Gasteiger partial charge on any atom is 0.197 e. The average Bonchev–Trinajstić information content (AvgIpc) is 2.70. The van der Waals surface area contributed by atoms with Crippen molar-refractivity contribution in [3.05, 3.63) is 57.7 Å². The largest absolute Gasteiger partial charge is 0.507 e. The Balaban J connectivity index is 0.00000124. The smallest absolute Gasteiger partial charge is 0.197 e. The number of aliphatic hydroxyl groups excluding tert-OH is 1. The van der Waals surface area contributed by atoms with Gasteiger partial charge in [0.1, 0.15) is 28.2 Å². The molecule has 3 N–H and O–H groups in total. The monoisotopic (exact) mass is 411 g/mol. The summed E-state index contributed by atoms with van der Waals surface area (Å²) in [5, 5.41) is 31.5. The van der Waals surface area contributed by atoms with Crippen LogP contribution in [0.15, 0.2) is 45.6 Å². The van der Waals surface area contributed by atoms with Crippen molar-refractivity contribution in [1.29, 1.82) is 0 Å². The molecule has 0 amide bonds. The summed E-state index contributed by atoms with van der Waals surface area (Å²) in [7, 11) is 1.92. The lowest BCUT2D eigenvalue weighted by molar-refractivity contribution is 0.0630. The zero-order chi connectivity index (χ0) is 22.0. The predicted molar refractivity (Wildman–Crippen MR) is 118 cm³/mol. The fourth-order valence-corrected chi connectivity index (χ4v) is 4.09. The Labute approximate surface area is 176 Å². The number of rotatable bonds is 2. The molecular formula is C24H29NO5. The van der Waals surface area contributed by atoms with Gasteiger partial charge in [0, 0.05) is 35.7 Å². The topological polar surface area (TPSA) is 94.1 Å². The first-order valence-electron chi connectivity index (χ1n) is 10.3. The molecule has 1 aliphatic heterocycles. The van der Waals surface area contributed by atoms with E-state index in [4.69, 9.17) is 4.42 Å². The third-order valence-electron chi connectivity index (χ3n) is 5.56. The number of piperidine rings is 1. The minimum absolute atomic E-state index is 0.0243. The number of nitrogens with zero attached hydrogens (tertiary/aromatic N) is 1. The molecule has 160 valence electrons. The zero-order valence-corrected chi connectivity index (χ0v) is 17.8. The van der Waals surface area contributed by atoms with E-state index in [1.165, 1.54) is 6.07 Å². The number of phenolic OH excluding ortho intramolecular Hbond substituents is 2. The van der Waals surface area contributed by atoms with E-state index in [9.17, 15) is 20.1 Å². The average molecular weight is 411 g/mol. The number of hydrogen-bond acceptors (Lipinski definition) is 6. The molecule has 1 fully saturated rings. The summed E-state index contributed by atoms with van der Waals surface area (Å²) in [5.41, 5.74) is 1.83. The van der Waals surface area contributed by atoms with E-state index >= 15 is 0 Å². The third-order valence-corrected chi connectivity index (χ3v) is 5.56. The lowest BCUT2D eigenvalue weighted by Crippen LogP contribution is -2.40. The summed E-state index contributed by atoms with van der Waals surface area (Å²) >= 11 is 0. The highest BCUT2D eigenvalue weighted by molar-refractivity contribution is 5.89. The van der Waals surface area contributed by atoms with Gasteiger partial charge in [-0.25, -0.2) is 0 Å². The third kappa shape index (κ3) is 3.93. The Bertz CT molecular complexity index is 1100. The number of phenols is 2. The number of likely N-dealkylation sites (N-methyl/N-ethyl adjacent to an activating group) is 1. The van der Waals surface area contributed by atoms with Gasteiger partial charge in [-0.3, -0.25) is 4.79 Å². The van der Waals surface area contributed by atoms with E-state index in [1.54, 1.807) is 0 Å². The van der Waals surface area contributed by atoms with Gasteiger partial charge in [-0.1, -0.05) is 38.1 Å². The molecule has 4 rings (SSSR count). The summed E-state index contributed by atoms with van der Waals surface area (Å²) in [5.74, 6) is -0.536. The first-order valence-corrected chi connectivity index (χ1v) is 10.3. The maximum absolute atomic E-state index is 12.8. The van der Waals surface area contributed by atoms with E-state index in [0.29, 0.717) is 24.3 Å². The quantitative estimate of drug-likeness (QED) is 0.590. The van der Waals surface area contributed by atoms with Crippen LogP contribution in [-0.4, -0.2) is 46.5 Å². The van der Waals surface area contributed by atoms with Gasteiger partial charge >= 0.3 is 0 Å². The van der Waals surface area contributed by atoms with Crippen LogP contribution in [0.1, 0.15) is 37.3 Å². The number of hydrogen-bond donors (Lipinski definition) is 3. The first kappa shape index (κ1) is 21.9. The van der Waals surface area contributed by atoms with Crippen LogP contribution in [0.5, 0.6) is 11.5 Å². The molecular weight excluding hydrogens is 382 g/mol. The van der Waals surface area contributed by atoms with Gasteiger partial charge in [-0.05, 0) is 32.5 Å². The normalized spacial score (nSPS) is 19.4. The van der Waals surface area contributed by atoms with Gasteiger partial charge < -0.3 is 24.6 Å². The summed E-state index contributed by atoms with van der Waals surface area (Å²) in [6.45, 7) is 7.11. The maximum atomic E-state index is 12.8. The van der Waals surface area contributed by atoms with Crippen LogP contribution in [0, 0.1) is 6.92 Å². The van der Waals surface area contributed by atoms with Crippen molar-refractivity contribution in [3.63, 3.8) is 0 Å². The molecule has 0 saturated carbocycles. The molecule has 2 aromatic carbocycles. The standard InChI is InChI=1S/C22H23NO5.C2H6/c1-12-5-3-4-6-13(12)19-10-17(26)21-16(25)9-15(24)20(22(21)28-19)14-7-8-23(2)11-18(14)27;1-2/h3-6,9-10,14,18,24-25,27H,7-8,11H2,1-2H3;1-2H3. The van der Waals surface area contributed by atoms with Crippen LogP contribution in [-0.2, 0) is 0 Å². The molecule has 1 aliphatic rings. The van der Waals surface area contributed by atoms with Crippen LogP contribution in [0.4, 0.5) is 0 Å². The zero-order valence-electron chi connectivity index (χ0n) is 17.8. The number of β-amino-alcohol motifs (C(OH)–C–C–N with tert-alkyl or cyclic N) is 1. The number of fused-ring (bicyclic) bond motifs is 1. The predicted octanol–water partition coefficient (Wildman–Crippen LogP) is 3.99. The number of benzene rings is 2. The second kappa shape index (κ2) is 8.90. The number of aromatic hydroxyl groups is 2. The lowest BCUT2D eigenvalue weighted by atomic mass is 9.85. The van der Waals surface area contributed by atoms with E-state index in [2.05, 4.69) is 0 Å². The summed E-state index contributed by atoms with van der Waals surface area (Å²) < 4.78 is 6.09. The Morgan fingerprint density at radius 3 is 2.47 bits per heavy atom. The van der Waals surface area contributed by atoms with Crippen LogP contribution in [0.25, 0.3) is 22.3 Å². The SMILES string of the molecule is CC.Cc1ccccc1-c1cc(=O)c2c(O)cc(O)c(C3CCN(C)CC3O)c2o1. The number of aliphatic hydroxyl groups is 1. The second-order valence-corrected chi connectivity index (χ2v) is 7.55. The fraction of sp³-hybridized carbons (Fsp3) is 0.375. The van der Waals surface area contributed by atoms with E-state index < -0.39 is 12.0 Å². The van der Waals surface area contributed by atoms with Gasteiger partial charge in [0.2, 0.25) is 0 Å². The van der Waals surface area contributed by atoms with Crippen LogP contribution >= 0.6 is 0 Å². The molecule has 2 heterocycles. The van der Waals surface area contributed by atoms with E-state index in [1.807, 2.05) is 57.0 Å². The van der Waals surface area contributed by atoms with Gasteiger partial charge in [-0.15, -0.1) is 0 Å². The van der Waals surface area contributed by atoms with Gasteiger partial charge in [0.15, 0.2) is 5.43 Å². The minimum Gasteiger partial charge on any atom is -0.507 e. The second-order valence-electron chi connectivity index (χ2n) is 7.55. The Hall–Kier alpha value is -2.83. The van der Waals surface area contributed by atoms with Crippen LogP contribution in [0.2, 0.25) is 0 Å². The number of likely N-dealkylation sites (tertiary alicyclic amines) is 1. The van der Waals surface area contributed by atoms with Gasteiger partial charge in [0.25, 0.3) is 0 Å². The lowest BCUT2D eigenvalue weighted by Gasteiger charge is -2.34. The molecule has 1 saturated heterocycles. The molecule has 30 heavy (non-hydrogen) atoms. The Kier molecular flexibility index (Phi) is 6.48. The molecule has 0 radical (unpaired) electrons. The molecule has 3 aromatic rings. The van der Waals surface area contributed by atoms with Crippen molar-refractivity contribution in [2.45, 2.75) is 39.2 Å². The molecule has 1 aromatic heterocycles. The number of aryl methyl sites for hydroxylation is 1. The highest BCUT2D eigenvalue weighted by atomic mass is 16.3. The van der Waals surface area contributed by atoms with Crippen molar-refractivity contribution in [2.75, 3.05) is 20.1 Å². The first-order chi connectivity index (χ1) is 14.4. The van der Waals surface area contributed by atoms with Gasteiger partial charge in [0.05, 0.1) is 6.10 Å². The van der Waals surface area contributed by atoms with Crippen molar-refractivity contribution in [3.8, 4) is 22.8 Å². The minimum atomic E-state index is -0.718. The van der Waals surface area contributed by atoms with Crippen molar-refractivity contribution >= 4 is 11.0 Å². The Morgan fingerprint density at radius 1 is 1.10 bits per heavy atom. The molecule has 2 unspecified atom stereocenters. The summed E-state index contributed by atoms with van der Waals surface area (Å²) in [6.07, 6.45) is -0.117. The molecule has 6 nitrogen and oxygen atoms in total. The highest BCUT2D eigenvalue weighted by Crippen LogP contribution is 2.42. The van der Waals surface area contributed by atoms with Crippen LogP contribution in [0.3, 0.4) is 0 Å². The Morgan fingerprint density at radius 2 is 1.80 bits per heavy atom. The van der Waals surface area contributed by atoms with Crippen molar-refractivity contribution in [2.24, 2.45) is 0 Å². The van der Waals surface area contributed by atoms with E-state index in [0.717, 1.165) is 23.7 Å². The van der Waals surface area contributed by atoms with Crippen molar-refractivity contribution in [1.82, 2.24) is 4.90 Å². The van der Waals surface area contributed by atoms with E-state index in [-0.39, 0.29) is 27.9 Å². The van der Waals surface area contributed by atoms with Gasteiger partial charge in [-0.2, -0.15) is 0 Å².